The molecule has 1 unspecified atom stereocenters. The second kappa shape index (κ2) is 12.8. The number of amides is 1. The number of halogens is 2. The third-order valence-electron chi connectivity index (χ3n) is 5.18. The molecule has 1 aliphatic heterocycles. The Bertz CT molecular complexity index is 710. The Morgan fingerprint density at radius 2 is 1.84 bits per heavy atom. The zero-order valence-electron chi connectivity index (χ0n) is 19.9. The van der Waals surface area contributed by atoms with Crippen molar-refractivity contribution in [1.82, 2.24) is 14.7 Å². The van der Waals surface area contributed by atoms with Gasteiger partial charge in [0.2, 0.25) is 0 Å². The van der Waals surface area contributed by atoms with Crippen molar-refractivity contribution in [3.63, 3.8) is 0 Å². The van der Waals surface area contributed by atoms with Crippen LogP contribution in [0, 0.1) is 0 Å². The number of alkyl halides is 2. The second-order valence-electron chi connectivity index (χ2n) is 7.96. The maximum atomic E-state index is 13.3. The van der Waals surface area contributed by atoms with Gasteiger partial charge in [-0.1, -0.05) is 26.0 Å². The number of hydrogen-bond acceptors (Lipinski definition) is 5. The topological polar surface area (TPSA) is 65.2 Å². The smallest absolute Gasteiger partial charge is 0.282 e. The van der Waals surface area contributed by atoms with Gasteiger partial charge in [0.15, 0.2) is 0 Å². The van der Waals surface area contributed by atoms with Gasteiger partial charge in [0.05, 0.1) is 5.71 Å². The molecule has 31 heavy (non-hydrogen) atoms. The van der Waals surface area contributed by atoms with Crippen LogP contribution in [0.5, 0.6) is 0 Å². The number of hydrogen-bond donors (Lipinski definition) is 1. The molecule has 1 saturated heterocycles. The Labute approximate surface area is 186 Å². The highest BCUT2D eigenvalue weighted by Gasteiger charge is 2.26. The quantitative estimate of drug-likeness (QED) is 0.630. The lowest BCUT2D eigenvalue weighted by Crippen LogP contribution is -2.49. The van der Waals surface area contributed by atoms with Gasteiger partial charge in [0, 0.05) is 38.7 Å². The molecule has 1 amide bonds. The van der Waals surface area contributed by atoms with Gasteiger partial charge in [-0.25, -0.2) is 8.78 Å². The van der Waals surface area contributed by atoms with Crippen molar-refractivity contribution in [2.75, 3.05) is 53.4 Å². The molecule has 1 aromatic rings. The van der Waals surface area contributed by atoms with Gasteiger partial charge in [0.25, 0.3) is 11.8 Å². The lowest BCUT2D eigenvalue weighted by molar-refractivity contribution is 0.0633. The number of aliphatic imine (C=N–C) groups is 1. The zero-order valence-corrected chi connectivity index (χ0v) is 19.9. The molecule has 0 radical (unpaired) electrons. The Hall–Kier alpha value is -1.90. The molecule has 1 aliphatic rings. The molecule has 0 aliphatic carbocycles. The number of nitrogens with two attached hydrogens (primary N) is 1. The van der Waals surface area contributed by atoms with E-state index in [1.807, 2.05) is 18.7 Å². The van der Waals surface area contributed by atoms with Crippen LogP contribution in [0.2, 0.25) is 0 Å². The fourth-order valence-electron chi connectivity index (χ4n) is 3.22. The monoisotopic (exact) mass is 439 g/mol. The van der Waals surface area contributed by atoms with E-state index >= 15 is 0 Å². The van der Waals surface area contributed by atoms with Crippen molar-refractivity contribution in [3.8, 4) is 0 Å². The van der Waals surface area contributed by atoms with Gasteiger partial charge < -0.3 is 15.5 Å². The van der Waals surface area contributed by atoms with Crippen LogP contribution in [0.15, 0.2) is 29.3 Å². The highest BCUT2D eigenvalue weighted by Crippen LogP contribution is 2.20. The molecule has 1 aromatic carbocycles. The second-order valence-corrected chi connectivity index (χ2v) is 7.96. The fourth-order valence-corrected chi connectivity index (χ4v) is 3.22. The van der Waals surface area contributed by atoms with E-state index < -0.39 is 12.1 Å². The van der Waals surface area contributed by atoms with E-state index in [9.17, 15) is 13.6 Å². The Balaban J connectivity index is 0.00000233. The van der Waals surface area contributed by atoms with Gasteiger partial charge in [-0.05, 0) is 58.2 Å². The number of benzene rings is 1. The Kier molecular flexibility index (Phi) is 11.2. The van der Waals surface area contributed by atoms with Gasteiger partial charge in [-0.15, -0.1) is 0 Å². The highest BCUT2D eigenvalue weighted by atomic mass is 19.3. The van der Waals surface area contributed by atoms with E-state index in [-0.39, 0.29) is 11.6 Å². The van der Waals surface area contributed by atoms with Crippen LogP contribution in [0.1, 0.15) is 56.2 Å². The summed E-state index contributed by atoms with van der Waals surface area (Å²) in [6, 6.07) is 6.80. The summed E-state index contributed by atoms with van der Waals surface area (Å²) in [6.45, 7) is 11.2. The molecule has 8 heteroatoms. The molecular weight excluding hydrogens is 400 g/mol. The lowest BCUT2D eigenvalue weighted by atomic mass is 10.1. The van der Waals surface area contributed by atoms with Crippen LogP contribution in [0.25, 0.3) is 0 Å². The molecule has 0 saturated carbocycles. The first-order valence-electron chi connectivity index (χ1n) is 11.0. The van der Waals surface area contributed by atoms with Crippen molar-refractivity contribution in [3.05, 3.63) is 35.4 Å². The molecule has 1 fully saturated rings. The van der Waals surface area contributed by atoms with Crippen LogP contribution >= 0.6 is 0 Å². The average molecular weight is 440 g/mol. The van der Waals surface area contributed by atoms with E-state index in [4.69, 9.17) is 5.73 Å². The van der Waals surface area contributed by atoms with E-state index in [1.54, 1.807) is 24.3 Å². The van der Waals surface area contributed by atoms with Crippen molar-refractivity contribution >= 4 is 11.6 Å². The third kappa shape index (κ3) is 9.01. The summed E-state index contributed by atoms with van der Waals surface area (Å²) in [5, 5.41) is 0. The fraction of sp³-hybridized carbons (Fsp3) is 0.652. The molecule has 0 aromatic heterocycles. The first-order chi connectivity index (χ1) is 14.6. The van der Waals surface area contributed by atoms with Crippen molar-refractivity contribution in [2.24, 2.45) is 10.7 Å². The summed E-state index contributed by atoms with van der Waals surface area (Å²) < 4.78 is 26.7. The molecule has 1 atom stereocenters. The number of nitrogens with zero attached hydrogens (tertiary/aromatic N) is 4. The number of rotatable bonds is 8. The summed E-state index contributed by atoms with van der Waals surface area (Å²) in [7, 11) is 4.13. The minimum absolute atomic E-state index is 0.0616. The summed E-state index contributed by atoms with van der Waals surface area (Å²) in [5.41, 5.74) is 6.70. The van der Waals surface area contributed by atoms with Gasteiger partial charge >= 0.3 is 0 Å². The number of carbonyl (C=O) groups is 1. The van der Waals surface area contributed by atoms with Gasteiger partial charge in [-0.2, -0.15) is 0 Å². The van der Waals surface area contributed by atoms with Crippen LogP contribution in [0.4, 0.5) is 8.78 Å². The molecule has 2 rings (SSSR count). The van der Waals surface area contributed by atoms with Crippen LogP contribution in [-0.4, -0.2) is 85.6 Å². The maximum Gasteiger partial charge on any atom is 0.282 e. The van der Waals surface area contributed by atoms with Gasteiger partial charge in [0.1, 0.15) is 6.17 Å². The van der Waals surface area contributed by atoms with Crippen LogP contribution < -0.4 is 5.73 Å². The summed E-state index contributed by atoms with van der Waals surface area (Å²) in [5.74, 6) is -3.08. The molecule has 0 spiro atoms. The molecule has 0 bridgehead atoms. The maximum absolute atomic E-state index is 13.3. The Morgan fingerprint density at radius 3 is 2.39 bits per heavy atom. The van der Waals surface area contributed by atoms with E-state index in [1.165, 1.54) is 6.92 Å². The predicted molar refractivity (Wildman–Crippen MR) is 124 cm³/mol. The van der Waals surface area contributed by atoms with Crippen molar-refractivity contribution in [2.45, 2.75) is 46.2 Å². The van der Waals surface area contributed by atoms with E-state index in [0.717, 1.165) is 39.5 Å². The average Bonchev–Trinajstić information content (AvgIpc) is 2.74. The minimum atomic E-state index is -3.02. The minimum Gasteiger partial charge on any atom is -0.336 e. The molecular formula is C23H39F2N5O. The third-order valence-corrected chi connectivity index (χ3v) is 5.18. The lowest BCUT2D eigenvalue weighted by Gasteiger charge is -2.35. The first kappa shape index (κ1) is 27.1. The van der Waals surface area contributed by atoms with Gasteiger partial charge in [-0.3, -0.25) is 14.7 Å². The van der Waals surface area contributed by atoms with Crippen molar-refractivity contribution < 1.29 is 13.6 Å². The zero-order chi connectivity index (χ0) is 23.6. The normalized spacial score (nSPS) is 16.7. The highest BCUT2D eigenvalue weighted by molar-refractivity contribution is 5.94. The largest absolute Gasteiger partial charge is 0.336 e. The number of carbonyl (C=O) groups excluding carboxylic acids is 1. The standard InChI is InChI=1S/C21H33F2N5O.C2H6/c1-16(21(2,22)23)25-19(24)17-7-5-8-18(15-17)20(29)28-13-11-27(12-14-28)10-6-9-26(3)4;1-2/h5,7-8,15,19H,6,9-14,24H2,1-4H3;1-2H3/b25-16+;. The summed E-state index contributed by atoms with van der Waals surface area (Å²) in [4.78, 5) is 23.1. The van der Waals surface area contributed by atoms with Crippen molar-refractivity contribution in [1.29, 1.82) is 0 Å². The van der Waals surface area contributed by atoms with E-state index in [0.29, 0.717) is 24.2 Å². The molecule has 6 nitrogen and oxygen atoms in total. The summed E-state index contributed by atoms with van der Waals surface area (Å²) >= 11 is 0. The van der Waals surface area contributed by atoms with E-state index in [2.05, 4.69) is 28.9 Å². The SMILES string of the molecule is C/C(=N\C(N)c1cccc(C(=O)N2CCN(CCCN(C)C)CC2)c1)C(C)(F)F.CC. The molecule has 2 N–H and O–H groups in total. The summed E-state index contributed by atoms with van der Waals surface area (Å²) in [6.07, 6.45) is 0.180. The Morgan fingerprint density at radius 1 is 1.23 bits per heavy atom. The van der Waals surface area contributed by atoms with Crippen LogP contribution in [-0.2, 0) is 0 Å². The molecule has 1 heterocycles. The van der Waals surface area contributed by atoms with Crippen LogP contribution in [0.3, 0.4) is 0 Å². The predicted octanol–water partition coefficient (Wildman–Crippen LogP) is 3.50. The first-order valence-corrected chi connectivity index (χ1v) is 11.0. The molecule has 176 valence electrons. The number of piperazine rings is 1.